The molecule has 3 nitrogen and oxygen atoms in total. The van der Waals surface area contributed by atoms with Crippen LogP contribution in [0.5, 0.6) is 0 Å². The van der Waals surface area contributed by atoms with Crippen molar-refractivity contribution in [1.82, 2.24) is 9.55 Å². The van der Waals surface area contributed by atoms with E-state index in [0.29, 0.717) is 12.5 Å². The van der Waals surface area contributed by atoms with Gasteiger partial charge >= 0.3 is 0 Å². The van der Waals surface area contributed by atoms with Crippen LogP contribution in [-0.2, 0) is 13.0 Å². The summed E-state index contributed by atoms with van der Waals surface area (Å²) in [5, 5.41) is 8.86. The minimum Gasteiger partial charge on any atom is -0.314 e. The monoisotopic (exact) mass is 213 g/mol. The van der Waals surface area contributed by atoms with Crippen molar-refractivity contribution in [3.8, 4) is 6.07 Å². The molecule has 82 valence electrons. The Morgan fingerprint density at radius 1 is 1.38 bits per heavy atom. The fourth-order valence-electron chi connectivity index (χ4n) is 1.89. The van der Waals surface area contributed by atoms with E-state index >= 15 is 0 Å². The van der Waals surface area contributed by atoms with E-state index in [1.165, 1.54) is 0 Å². The van der Waals surface area contributed by atoms with Gasteiger partial charge in [-0.05, 0) is 18.1 Å². The SMILES string of the molecule is CC(C)Cc1nc2ccccc2n1CC#N. The minimum absolute atomic E-state index is 0.378. The van der Waals surface area contributed by atoms with Crippen molar-refractivity contribution in [2.24, 2.45) is 5.92 Å². The summed E-state index contributed by atoms with van der Waals surface area (Å²) in [6, 6.07) is 10.2. The maximum absolute atomic E-state index is 8.86. The van der Waals surface area contributed by atoms with Gasteiger partial charge in [-0.3, -0.25) is 0 Å². The number of fused-ring (bicyclic) bond motifs is 1. The zero-order chi connectivity index (χ0) is 11.5. The Labute approximate surface area is 95.3 Å². The van der Waals surface area contributed by atoms with Crippen molar-refractivity contribution >= 4 is 11.0 Å². The Kier molecular flexibility index (Phi) is 2.91. The van der Waals surface area contributed by atoms with Crippen molar-refractivity contribution in [1.29, 1.82) is 5.26 Å². The highest BCUT2D eigenvalue weighted by Gasteiger charge is 2.10. The second-order valence-electron chi connectivity index (χ2n) is 4.36. The van der Waals surface area contributed by atoms with Gasteiger partial charge in [0.2, 0.25) is 0 Å². The number of aromatic nitrogens is 2. The molecule has 3 heteroatoms. The van der Waals surface area contributed by atoms with Crippen molar-refractivity contribution in [3.05, 3.63) is 30.1 Å². The largest absolute Gasteiger partial charge is 0.314 e. The van der Waals surface area contributed by atoms with Crippen LogP contribution in [0.15, 0.2) is 24.3 Å². The first-order valence-electron chi connectivity index (χ1n) is 5.53. The van der Waals surface area contributed by atoms with Gasteiger partial charge in [-0.25, -0.2) is 4.98 Å². The molecule has 0 saturated heterocycles. The summed E-state index contributed by atoms with van der Waals surface area (Å²) in [5.74, 6) is 1.56. The van der Waals surface area contributed by atoms with Gasteiger partial charge < -0.3 is 4.57 Å². The second kappa shape index (κ2) is 4.36. The van der Waals surface area contributed by atoms with Gasteiger partial charge in [0.05, 0.1) is 17.1 Å². The Hall–Kier alpha value is -1.82. The number of rotatable bonds is 3. The average molecular weight is 213 g/mol. The predicted molar refractivity (Wildman–Crippen MR) is 63.9 cm³/mol. The molecule has 0 saturated carbocycles. The fourth-order valence-corrected chi connectivity index (χ4v) is 1.89. The Morgan fingerprint density at radius 2 is 2.12 bits per heavy atom. The Balaban J connectivity index is 2.54. The quantitative estimate of drug-likeness (QED) is 0.786. The molecule has 0 amide bonds. The van der Waals surface area contributed by atoms with Crippen LogP contribution in [0.4, 0.5) is 0 Å². The molecule has 16 heavy (non-hydrogen) atoms. The highest BCUT2D eigenvalue weighted by atomic mass is 15.1. The van der Waals surface area contributed by atoms with E-state index in [9.17, 15) is 0 Å². The molecular formula is C13H15N3. The second-order valence-corrected chi connectivity index (χ2v) is 4.36. The molecule has 0 aliphatic heterocycles. The molecule has 0 unspecified atom stereocenters. The minimum atomic E-state index is 0.378. The first-order chi connectivity index (χ1) is 7.72. The molecule has 0 spiro atoms. The molecule has 1 aromatic carbocycles. The zero-order valence-electron chi connectivity index (χ0n) is 9.64. The summed E-state index contributed by atoms with van der Waals surface area (Å²) in [6.07, 6.45) is 0.913. The van der Waals surface area contributed by atoms with Gasteiger partial charge in [0.1, 0.15) is 12.4 Å². The molecule has 2 rings (SSSR count). The van der Waals surface area contributed by atoms with E-state index in [2.05, 4.69) is 24.9 Å². The summed E-state index contributed by atoms with van der Waals surface area (Å²) in [6.45, 7) is 4.70. The number of benzene rings is 1. The number of hydrogen-bond donors (Lipinski definition) is 0. The van der Waals surface area contributed by atoms with Crippen molar-refractivity contribution in [2.75, 3.05) is 0 Å². The summed E-state index contributed by atoms with van der Waals surface area (Å²) in [5.41, 5.74) is 2.04. The summed E-state index contributed by atoms with van der Waals surface area (Å²) in [7, 11) is 0. The normalized spacial score (nSPS) is 10.9. The fraction of sp³-hybridized carbons (Fsp3) is 0.385. The molecule has 0 aliphatic carbocycles. The highest BCUT2D eigenvalue weighted by Crippen LogP contribution is 2.17. The van der Waals surface area contributed by atoms with Crippen molar-refractivity contribution in [3.63, 3.8) is 0 Å². The van der Waals surface area contributed by atoms with Crippen LogP contribution in [-0.4, -0.2) is 9.55 Å². The number of hydrogen-bond acceptors (Lipinski definition) is 2. The van der Waals surface area contributed by atoms with Crippen LogP contribution in [0.2, 0.25) is 0 Å². The molecule has 0 N–H and O–H groups in total. The summed E-state index contributed by atoms with van der Waals surface area (Å²) >= 11 is 0. The lowest BCUT2D eigenvalue weighted by Gasteiger charge is -2.06. The molecular weight excluding hydrogens is 198 g/mol. The molecule has 0 bridgehead atoms. The molecule has 0 radical (unpaired) electrons. The molecule has 0 atom stereocenters. The highest BCUT2D eigenvalue weighted by molar-refractivity contribution is 5.76. The number of para-hydroxylation sites is 2. The topological polar surface area (TPSA) is 41.6 Å². The average Bonchev–Trinajstić information content (AvgIpc) is 2.57. The standard InChI is InChI=1S/C13H15N3/c1-10(2)9-13-15-11-5-3-4-6-12(11)16(13)8-7-14/h3-6,10H,8-9H2,1-2H3. The third-order valence-corrected chi connectivity index (χ3v) is 2.55. The van der Waals surface area contributed by atoms with Gasteiger partial charge in [-0.1, -0.05) is 26.0 Å². The van der Waals surface area contributed by atoms with E-state index in [1.807, 2.05) is 28.8 Å². The van der Waals surface area contributed by atoms with E-state index in [1.54, 1.807) is 0 Å². The predicted octanol–water partition coefficient (Wildman–Crippen LogP) is 2.76. The summed E-state index contributed by atoms with van der Waals surface area (Å²) < 4.78 is 2.01. The Morgan fingerprint density at radius 3 is 2.81 bits per heavy atom. The van der Waals surface area contributed by atoms with Gasteiger partial charge in [0, 0.05) is 6.42 Å². The lowest BCUT2D eigenvalue weighted by Crippen LogP contribution is -2.05. The molecule has 1 heterocycles. The van der Waals surface area contributed by atoms with Crippen LogP contribution in [0.1, 0.15) is 19.7 Å². The van der Waals surface area contributed by atoms with Crippen molar-refractivity contribution in [2.45, 2.75) is 26.8 Å². The van der Waals surface area contributed by atoms with Gasteiger partial charge in [-0.15, -0.1) is 0 Å². The van der Waals surface area contributed by atoms with E-state index < -0.39 is 0 Å². The van der Waals surface area contributed by atoms with Crippen LogP contribution < -0.4 is 0 Å². The zero-order valence-corrected chi connectivity index (χ0v) is 9.64. The van der Waals surface area contributed by atoms with Gasteiger partial charge in [0.15, 0.2) is 0 Å². The lowest BCUT2D eigenvalue weighted by atomic mass is 10.1. The molecule has 2 aromatic rings. The summed E-state index contributed by atoms with van der Waals surface area (Å²) in [4.78, 5) is 4.58. The van der Waals surface area contributed by atoms with Gasteiger partial charge in [-0.2, -0.15) is 5.26 Å². The first-order valence-corrected chi connectivity index (χ1v) is 5.53. The molecule has 0 aliphatic rings. The van der Waals surface area contributed by atoms with Crippen LogP contribution in [0.3, 0.4) is 0 Å². The smallest absolute Gasteiger partial charge is 0.111 e. The van der Waals surface area contributed by atoms with E-state index in [4.69, 9.17) is 5.26 Å². The molecule has 1 aromatic heterocycles. The van der Waals surface area contributed by atoms with E-state index in [-0.39, 0.29) is 0 Å². The van der Waals surface area contributed by atoms with E-state index in [0.717, 1.165) is 23.3 Å². The first kappa shape index (κ1) is 10.7. The van der Waals surface area contributed by atoms with Crippen molar-refractivity contribution < 1.29 is 0 Å². The van der Waals surface area contributed by atoms with Crippen LogP contribution >= 0.6 is 0 Å². The van der Waals surface area contributed by atoms with Gasteiger partial charge in [0.25, 0.3) is 0 Å². The number of nitriles is 1. The third-order valence-electron chi connectivity index (χ3n) is 2.55. The number of nitrogens with zero attached hydrogens (tertiary/aromatic N) is 3. The third kappa shape index (κ3) is 1.92. The number of imidazole rings is 1. The molecule has 0 fully saturated rings. The van der Waals surface area contributed by atoms with Crippen LogP contribution in [0.25, 0.3) is 11.0 Å². The lowest BCUT2D eigenvalue weighted by molar-refractivity contribution is 0.598. The van der Waals surface area contributed by atoms with Crippen LogP contribution in [0, 0.1) is 17.2 Å². The maximum atomic E-state index is 8.86. The maximum Gasteiger partial charge on any atom is 0.111 e. The Bertz CT molecular complexity index is 532.